The molecule has 0 heterocycles. The second-order valence-corrected chi connectivity index (χ2v) is 5.65. The number of aryl methyl sites for hydroxylation is 1. The van der Waals surface area contributed by atoms with E-state index in [1.54, 1.807) is 18.7 Å². The van der Waals surface area contributed by atoms with E-state index < -0.39 is 5.06 Å². The second kappa shape index (κ2) is 5.60. The third-order valence-corrected chi connectivity index (χ3v) is 3.54. The fraction of sp³-hybridized carbons (Fsp3) is 0.417. The fourth-order valence-corrected chi connectivity index (χ4v) is 2.26. The summed E-state index contributed by atoms with van der Waals surface area (Å²) in [5.74, 6) is 0.166. The highest BCUT2D eigenvalue weighted by atomic mass is 35.5. The Bertz CT molecular complexity index is 360. The molecule has 1 aromatic rings. The molecule has 0 bridgehead atoms. The maximum Gasteiger partial charge on any atom is 0.304 e. The highest BCUT2D eigenvalue weighted by Crippen LogP contribution is 2.27. The number of hydrogen-bond donors (Lipinski definition) is 0. The summed E-state index contributed by atoms with van der Waals surface area (Å²) in [5.41, 5.74) is 1.22. The molecule has 88 valence electrons. The van der Waals surface area contributed by atoms with Gasteiger partial charge in [-0.15, -0.1) is 11.8 Å². The van der Waals surface area contributed by atoms with Crippen molar-refractivity contribution in [2.45, 2.75) is 30.7 Å². The number of thioether (sulfide) groups is 1. The zero-order chi connectivity index (χ0) is 12.2. The van der Waals surface area contributed by atoms with Crippen molar-refractivity contribution in [2.75, 3.05) is 5.75 Å². The number of carbonyl (C=O) groups is 1. The number of ether oxygens (including phenoxy) is 1. The Labute approximate surface area is 105 Å². The van der Waals surface area contributed by atoms with Crippen LogP contribution in [0.2, 0.25) is 0 Å². The van der Waals surface area contributed by atoms with Gasteiger partial charge in [0.05, 0.1) is 5.75 Å². The molecule has 0 aliphatic rings. The number of rotatable bonds is 4. The van der Waals surface area contributed by atoms with Crippen molar-refractivity contribution in [3.8, 4) is 0 Å². The summed E-state index contributed by atoms with van der Waals surface area (Å²) < 4.78 is 4.99. The van der Waals surface area contributed by atoms with E-state index >= 15 is 0 Å². The zero-order valence-electron chi connectivity index (χ0n) is 9.62. The summed E-state index contributed by atoms with van der Waals surface area (Å²) in [6.45, 7) is 5.09. The van der Waals surface area contributed by atoms with E-state index in [0.717, 1.165) is 4.90 Å². The smallest absolute Gasteiger partial charge is 0.304 e. The molecular weight excluding hydrogens is 244 g/mol. The maximum atomic E-state index is 10.8. The molecule has 1 atom stereocenters. The average Bonchev–Trinajstić information content (AvgIpc) is 2.15. The van der Waals surface area contributed by atoms with Crippen LogP contribution in [0, 0.1) is 6.92 Å². The number of alkyl halides is 1. The minimum absolute atomic E-state index is 0.359. The molecule has 4 heteroatoms. The normalized spacial score (nSPS) is 14.2. The second-order valence-electron chi connectivity index (χ2n) is 3.80. The molecule has 16 heavy (non-hydrogen) atoms. The van der Waals surface area contributed by atoms with E-state index in [-0.39, 0.29) is 5.97 Å². The van der Waals surface area contributed by atoms with Crippen molar-refractivity contribution in [3.05, 3.63) is 29.8 Å². The van der Waals surface area contributed by atoms with Gasteiger partial charge in [-0.25, -0.2) is 0 Å². The zero-order valence-corrected chi connectivity index (χ0v) is 11.2. The molecule has 0 amide bonds. The summed E-state index contributed by atoms with van der Waals surface area (Å²) in [5, 5.41) is -0.943. The van der Waals surface area contributed by atoms with Crippen LogP contribution in [0.3, 0.4) is 0 Å². The molecule has 2 nitrogen and oxygen atoms in total. The molecule has 0 radical (unpaired) electrons. The molecule has 1 unspecified atom stereocenters. The summed E-state index contributed by atoms with van der Waals surface area (Å²) in [6, 6.07) is 8.14. The van der Waals surface area contributed by atoms with Crippen LogP contribution >= 0.6 is 23.4 Å². The van der Waals surface area contributed by atoms with E-state index in [0.29, 0.717) is 5.75 Å². The van der Waals surface area contributed by atoms with Gasteiger partial charge in [0, 0.05) is 11.8 Å². The Hall–Kier alpha value is -0.670. The summed E-state index contributed by atoms with van der Waals surface area (Å²) in [4.78, 5) is 11.9. The predicted octanol–water partition coefficient (Wildman–Crippen LogP) is 3.61. The quantitative estimate of drug-likeness (QED) is 0.469. The number of carbonyl (C=O) groups excluding carboxylic acids is 1. The number of halogens is 1. The molecule has 0 saturated carbocycles. The van der Waals surface area contributed by atoms with Crippen molar-refractivity contribution in [2.24, 2.45) is 0 Å². The summed E-state index contributed by atoms with van der Waals surface area (Å²) in [7, 11) is 0. The highest BCUT2D eigenvalue weighted by Gasteiger charge is 2.24. The SMILES string of the molecule is CC(=O)OC(C)(Cl)CSc1ccc(C)cc1. The Morgan fingerprint density at radius 1 is 1.44 bits per heavy atom. The van der Waals surface area contributed by atoms with Crippen LogP contribution in [-0.4, -0.2) is 16.8 Å². The Morgan fingerprint density at radius 2 is 2.00 bits per heavy atom. The Morgan fingerprint density at radius 3 is 2.50 bits per heavy atom. The van der Waals surface area contributed by atoms with Gasteiger partial charge in [-0.2, -0.15) is 0 Å². The van der Waals surface area contributed by atoms with Crippen LogP contribution in [-0.2, 0) is 9.53 Å². The van der Waals surface area contributed by atoms with Crippen molar-refractivity contribution in [1.82, 2.24) is 0 Å². The summed E-state index contributed by atoms with van der Waals surface area (Å²) in [6.07, 6.45) is 0. The van der Waals surface area contributed by atoms with Crippen LogP contribution in [0.5, 0.6) is 0 Å². The first-order valence-corrected chi connectivity index (χ1v) is 6.33. The van der Waals surface area contributed by atoms with Crippen LogP contribution in [0.25, 0.3) is 0 Å². The first-order chi connectivity index (χ1) is 7.39. The Balaban J connectivity index is 2.50. The van der Waals surface area contributed by atoms with Crippen LogP contribution in [0.1, 0.15) is 19.4 Å². The van der Waals surface area contributed by atoms with Gasteiger partial charge in [-0.1, -0.05) is 29.3 Å². The minimum atomic E-state index is -0.943. The molecule has 0 spiro atoms. The van der Waals surface area contributed by atoms with E-state index in [1.807, 2.05) is 31.2 Å². The largest absolute Gasteiger partial charge is 0.443 e. The number of hydrogen-bond acceptors (Lipinski definition) is 3. The molecule has 0 N–H and O–H groups in total. The van der Waals surface area contributed by atoms with Crippen LogP contribution in [0.4, 0.5) is 0 Å². The third-order valence-electron chi connectivity index (χ3n) is 1.87. The predicted molar refractivity (Wildman–Crippen MR) is 67.9 cm³/mol. The lowest BCUT2D eigenvalue weighted by atomic mass is 10.2. The number of esters is 1. The van der Waals surface area contributed by atoms with Gasteiger partial charge in [0.25, 0.3) is 0 Å². The molecular formula is C12H15ClO2S. The molecule has 0 aliphatic carbocycles. The standard InChI is InChI=1S/C12H15ClO2S/c1-9-4-6-11(7-5-9)16-8-12(3,13)15-10(2)14/h4-7H,8H2,1-3H3. The van der Waals surface area contributed by atoms with Crippen molar-refractivity contribution >= 4 is 29.3 Å². The van der Waals surface area contributed by atoms with Gasteiger partial charge in [-0.3, -0.25) is 4.79 Å². The molecule has 0 fully saturated rings. The van der Waals surface area contributed by atoms with Gasteiger partial charge < -0.3 is 4.74 Å². The lowest BCUT2D eigenvalue weighted by Crippen LogP contribution is -2.26. The lowest BCUT2D eigenvalue weighted by Gasteiger charge is -2.21. The van der Waals surface area contributed by atoms with Crippen LogP contribution in [0.15, 0.2) is 29.2 Å². The molecule has 1 aromatic carbocycles. The summed E-state index contributed by atoms with van der Waals surface area (Å²) >= 11 is 7.62. The molecule has 1 rings (SSSR count). The van der Waals surface area contributed by atoms with E-state index in [4.69, 9.17) is 16.3 Å². The van der Waals surface area contributed by atoms with Gasteiger partial charge in [0.2, 0.25) is 0 Å². The van der Waals surface area contributed by atoms with Gasteiger partial charge >= 0.3 is 5.97 Å². The van der Waals surface area contributed by atoms with Gasteiger partial charge in [0.15, 0.2) is 5.06 Å². The van der Waals surface area contributed by atoms with E-state index in [2.05, 4.69) is 0 Å². The van der Waals surface area contributed by atoms with E-state index in [9.17, 15) is 4.79 Å². The first kappa shape index (κ1) is 13.4. The van der Waals surface area contributed by atoms with Crippen molar-refractivity contribution < 1.29 is 9.53 Å². The van der Waals surface area contributed by atoms with Crippen LogP contribution < -0.4 is 0 Å². The first-order valence-electron chi connectivity index (χ1n) is 4.97. The minimum Gasteiger partial charge on any atom is -0.443 e. The topological polar surface area (TPSA) is 26.3 Å². The fourth-order valence-electron chi connectivity index (χ4n) is 1.18. The molecule has 0 aliphatic heterocycles. The molecule has 0 saturated heterocycles. The lowest BCUT2D eigenvalue weighted by molar-refractivity contribution is -0.146. The average molecular weight is 259 g/mol. The van der Waals surface area contributed by atoms with E-state index in [1.165, 1.54) is 12.5 Å². The van der Waals surface area contributed by atoms with Crippen molar-refractivity contribution in [3.63, 3.8) is 0 Å². The maximum absolute atomic E-state index is 10.8. The van der Waals surface area contributed by atoms with Crippen molar-refractivity contribution in [1.29, 1.82) is 0 Å². The number of benzene rings is 1. The van der Waals surface area contributed by atoms with Gasteiger partial charge in [-0.05, 0) is 26.0 Å². The monoisotopic (exact) mass is 258 g/mol. The highest BCUT2D eigenvalue weighted by molar-refractivity contribution is 7.99. The van der Waals surface area contributed by atoms with Gasteiger partial charge in [0.1, 0.15) is 0 Å². The third kappa shape index (κ3) is 4.90. The Kier molecular flexibility index (Phi) is 4.69. The molecule has 0 aromatic heterocycles.